The van der Waals surface area contributed by atoms with E-state index in [0.29, 0.717) is 6.10 Å². The van der Waals surface area contributed by atoms with Crippen LogP contribution in [0.1, 0.15) is 45.6 Å². The lowest BCUT2D eigenvalue weighted by Crippen LogP contribution is -2.19. The van der Waals surface area contributed by atoms with Crippen LogP contribution in [0.25, 0.3) is 0 Å². The summed E-state index contributed by atoms with van der Waals surface area (Å²) >= 11 is 0. The van der Waals surface area contributed by atoms with Gasteiger partial charge in [-0.1, -0.05) is 26.0 Å². The third-order valence-corrected chi connectivity index (χ3v) is 3.06. The van der Waals surface area contributed by atoms with Crippen LogP contribution in [0.5, 0.6) is 5.75 Å². The molecule has 0 radical (unpaired) electrons. The normalized spacial score (nSPS) is 12.4. The lowest BCUT2D eigenvalue weighted by atomic mass is 10.1. The highest BCUT2D eigenvalue weighted by molar-refractivity contribution is 5.27. The van der Waals surface area contributed by atoms with E-state index in [-0.39, 0.29) is 0 Å². The first-order chi connectivity index (χ1) is 8.76. The molecule has 1 unspecified atom stereocenters. The summed E-state index contributed by atoms with van der Waals surface area (Å²) in [6, 6.07) is 8.44. The van der Waals surface area contributed by atoms with Crippen LogP contribution in [-0.2, 0) is 6.42 Å². The lowest BCUT2D eigenvalue weighted by Gasteiger charge is -2.15. The summed E-state index contributed by atoms with van der Waals surface area (Å²) in [7, 11) is 0. The van der Waals surface area contributed by atoms with E-state index in [4.69, 9.17) is 4.74 Å². The van der Waals surface area contributed by atoms with Gasteiger partial charge in [-0.25, -0.2) is 0 Å². The highest BCUT2D eigenvalue weighted by atomic mass is 16.5. The Morgan fingerprint density at radius 3 is 2.44 bits per heavy atom. The molecule has 102 valence electrons. The Balaban J connectivity index is 2.20. The Kier molecular flexibility index (Phi) is 7.51. The molecule has 0 spiro atoms. The third-order valence-electron chi connectivity index (χ3n) is 3.06. The molecular formula is C16H27NO. The third kappa shape index (κ3) is 6.06. The van der Waals surface area contributed by atoms with Crippen molar-refractivity contribution in [2.24, 2.45) is 0 Å². The fraction of sp³-hybridized carbons (Fsp3) is 0.625. The van der Waals surface area contributed by atoms with Gasteiger partial charge in [-0.2, -0.15) is 0 Å². The zero-order chi connectivity index (χ0) is 13.2. The molecule has 18 heavy (non-hydrogen) atoms. The van der Waals surface area contributed by atoms with Gasteiger partial charge in [-0.15, -0.1) is 0 Å². The molecule has 1 N–H and O–H groups in total. The molecule has 0 saturated heterocycles. The minimum atomic E-state index is 0.293. The molecule has 0 bridgehead atoms. The van der Waals surface area contributed by atoms with Crippen LogP contribution in [0.15, 0.2) is 24.3 Å². The van der Waals surface area contributed by atoms with E-state index < -0.39 is 0 Å². The number of hydrogen-bond acceptors (Lipinski definition) is 2. The first kappa shape index (κ1) is 15.0. The largest absolute Gasteiger partial charge is 0.491 e. The van der Waals surface area contributed by atoms with Crippen molar-refractivity contribution < 1.29 is 4.74 Å². The maximum atomic E-state index is 5.89. The molecule has 1 atom stereocenters. The summed E-state index contributed by atoms with van der Waals surface area (Å²) < 4.78 is 5.89. The van der Waals surface area contributed by atoms with Crippen LogP contribution in [0.3, 0.4) is 0 Å². The van der Waals surface area contributed by atoms with Crippen LogP contribution >= 0.6 is 0 Å². The molecule has 0 aliphatic heterocycles. The van der Waals surface area contributed by atoms with Crippen molar-refractivity contribution in [2.45, 2.75) is 52.6 Å². The predicted octanol–water partition coefficient (Wildman–Crippen LogP) is 3.80. The van der Waals surface area contributed by atoms with E-state index in [9.17, 15) is 0 Å². The van der Waals surface area contributed by atoms with Crippen LogP contribution in [0.2, 0.25) is 0 Å². The number of ether oxygens (including phenoxy) is 1. The van der Waals surface area contributed by atoms with E-state index in [0.717, 1.165) is 31.7 Å². The molecule has 1 rings (SSSR count). The molecule has 0 aliphatic rings. The Hall–Kier alpha value is -1.02. The summed E-state index contributed by atoms with van der Waals surface area (Å²) in [5.41, 5.74) is 1.36. The summed E-state index contributed by atoms with van der Waals surface area (Å²) in [4.78, 5) is 0. The van der Waals surface area contributed by atoms with Gasteiger partial charge >= 0.3 is 0 Å². The van der Waals surface area contributed by atoms with Gasteiger partial charge in [0.15, 0.2) is 0 Å². The fourth-order valence-electron chi connectivity index (χ4n) is 1.91. The van der Waals surface area contributed by atoms with Crippen LogP contribution in [-0.4, -0.2) is 19.2 Å². The van der Waals surface area contributed by atoms with Gasteiger partial charge in [0.2, 0.25) is 0 Å². The molecule has 0 aromatic heterocycles. The Morgan fingerprint density at radius 2 is 1.83 bits per heavy atom. The van der Waals surface area contributed by atoms with Crippen molar-refractivity contribution >= 4 is 0 Å². The maximum Gasteiger partial charge on any atom is 0.119 e. The van der Waals surface area contributed by atoms with E-state index in [2.05, 4.69) is 50.4 Å². The van der Waals surface area contributed by atoms with Crippen molar-refractivity contribution in [3.63, 3.8) is 0 Å². The number of benzene rings is 1. The van der Waals surface area contributed by atoms with Crippen molar-refractivity contribution in [3.8, 4) is 5.75 Å². The Bertz CT molecular complexity index is 307. The SMILES string of the molecule is CCCNCCCC(C)Oc1ccc(CC)cc1. The minimum absolute atomic E-state index is 0.293. The number of hydrogen-bond donors (Lipinski definition) is 1. The van der Waals surface area contributed by atoms with E-state index in [1.54, 1.807) is 0 Å². The molecule has 0 fully saturated rings. The number of aryl methyl sites for hydroxylation is 1. The number of rotatable bonds is 9. The molecular weight excluding hydrogens is 222 g/mol. The molecule has 2 nitrogen and oxygen atoms in total. The smallest absolute Gasteiger partial charge is 0.119 e. The summed E-state index contributed by atoms with van der Waals surface area (Å²) in [6.45, 7) is 8.72. The van der Waals surface area contributed by atoms with E-state index in [1.807, 2.05) is 0 Å². The topological polar surface area (TPSA) is 21.3 Å². The van der Waals surface area contributed by atoms with E-state index in [1.165, 1.54) is 18.4 Å². The molecule has 2 heteroatoms. The van der Waals surface area contributed by atoms with Crippen molar-refractivity contribution in [3.05, 3.63) is 29.8 Å². The predicted molar refractivity (Wildman–Crippen MR) is 78.3 cm³/mol. The highest BCUT2D eigenvalue weighted by Crippen LogP contribution is 2.15. The van der Waals surface area contributed by atoms with Gasteiger partial charge in [0, 0.05) is 0 Å². The molecule has 0 aliphatic carbocycles. The van der Waals surface area contributed by atoms with Crippen LogP contribution in [0, 0.1) is 0 Å². The minimum Gasteiger partial charge on any atom is -0.491 e. The Morgan fingerprint density at radius 1 is 1.11 bits per heavy atom. The average molecular weight is 249 g/mol. The standard InChI is InChI=1S/C16H27NO/c1-4-12-17-13-6-7-14(3)18-16-10-8-15(5-2)9-11-16/h8-11,14,17H,4-7,12-13H2,1-3H3. The highest BCUT2D eigenvalue weighted by Gasteiger charge is 2.03. The first-order valence-corrected chi connectivity index (χ1v) is 7.22. The molecule has 0 saturated carbocycles. The van der Waals surface area contributed by atoms with Crippen molar-refractivity contribution in [1.82, 2.24) is 5.32 Å². The molecule has 0 heterocycles. The molecule has 1 aromatic carbocycles. The van der Waals surface area contributed by atoms with Gasteiger partial charge in [0.1, 0.15) is 5.75 Å². The molecule has 1 aromatic rings. The Labute approximate surface area is 112 Å². The van der Waals surface area contributed by atoms with Gasteiger partial charge in [0.05, 0.1) is 6.10 Å². The lowest BCUT2D eigenvalue weighted by molar-refractivity contribution is 0.207. The van der Waals surface area contributed by atoms with Gasteiger partial charge in [0.25, 0.3) is 0 Å². The monoisotopic (exact) mass is 249 g/mol. The zero-order valence-electron chi connectivity index (χ0n) is 12.0. The van der Waals surface area contributed by atoms with Crippen molar-refractivity contribution in [2.75, 3.05) is 13.1 Å². The number of nitrogens with one attached hydrogen (secondary N) is 1. The first-order valence-electron chi connectivity index (χ1n) is 7.22. The van der Waals surface area contributed by atoms with Crippen molar-refractivity contribution in [1.29, 1.82) is 0 Å². The quantitative estimate of drug-likeness (QED) is 0.672. The van der Waals surface area contributed by atoms with Gasteiger partial charge in [-0.3, -0.25) is 0 Å². The second-order valence-corrected chi connectivity index (χ2v) is 4.82. The summed E-state index contributed by atoms with van der Waals surface area (Å²) in [5, 5.41) is 3.41. The van der Waals surface area contributed by atoms with Gasteiger partial charge < -0.3 is 10.1 Å². The van der Waals surface area contributed by atoms with E-state index >= 15 is 0 Å². The maximum absolute atomic E-state index is 5.89. The second-order valence-electron chi connectivity index (χ2n) is 4.82. The molecule has 0 amide bonds. The van der Waals surface area contributed by atoms with Gasteiger partial charge in [-0.05, 0) is 63.4 Å². The average Bonchev–Trinajstić information content (AvgIpc) is 2.39. The second kappa shape index (κ2) is 8.98. The van der Waals surface area contributed by atoms with Crippen LogP contribution in [0.4, 0.5) is 0 Å². The van der Waals surface area contributed by atoms with Crippen LogP contribution < -0.4 is 10.1 Å². The zero-order valence-corrected chi connectivity index (χ0v) is 12.0. The summed E-state index contributed by atoms with van der Waals surface area (Å²) in [5.74, 6) is 0.987. The summed E-state index contributed by atoms with van der Waals surface area (Å²) in [6.07, 6.45) is 4.86. The fourth-order valence-corrected chi connectivity index (χ4v) is 1.91.